The molecule has 0 bridgehead atoms. The number of hydrogen-bond donors (Lipinski definition) is 2. The second kappa shape index (κ2) is 12.0. The van der Waals surface area contributed by atoms with Gasteiger partial charge in [-0.2, -0.15) is 0 Å². The fourth-order valence-corrected chi connectivity index (χ4v) is 4.92. The molecule has 2 N–H and O–H groups in total. The minimum atomic E-state index is -5.06. The van der Waals surface area contributed by atoms with Gasteiger partial charge in [-0.15, -0.1) is 26.3 Å². The molecule has 0 fully saturated rings. The number of nitrogens with zero attached hydrogens (tertiary/aromatic N) is 1. The Morgan fingerprint density at radius 1 is 0.786 bits per heavy atom. The number of halogens is 6. The molecule has 8 nitrogen and oxygen atoms in total. The molecule has 4 rings (SSSR count). The van der Waals surface area contributed by atoms with E-state index in [0.717, 1.165) is 30.3 Å². The molecule has 0 saturated carbocycles. The maximum absolute atomic E-state index is 13.4. The third-order valence-corrected chi connectivity index (χ3v) is 6.72. The van der Waals surface area contributed by atoms with Crippen LogP contribution < -0.4 is 20.1 Å². The van der Waals surface area contributed by atoms with E-state index in [1.165, 1.54) is 30.3 Å². The quantitative estimate of drug-likeness (QED) is 0.114. The van der Waals surface area contributed by atoms with Gasteiger partial charge in [0.2, 0.25) is 0 Å². The summed E-state index contributed by atoms with van der Waals surface area (Å²) < 4.78 is 86.7. The van der Waals surface area contributed by atoms with E-state index in [-0.39, 0.29) is 27.5 Å². The predicted molar refractivity (Wildman–Crippen MR) is 140 cm³/mol. The van der Waals surface area contributed by atoms with Gasteiger partial charge in [0.05, 0.1) is 10.5 Å². The van der Waals surface area contributed by atoms with Crippen LogP contribution in [0.15, 0.2) is 91.0 Å². The molecule has 2 amide bonds. The lowest BCUT2D eigenvalue weighted by molar-refractivity contribution is -0.380. The lowest BCUT2D eigenvalue weighted by Crippen LogP contribution is -2.50. The van der Waals surface area contributed by atoms with E-state index in [9.17, 15) is 41.3 Å². The van der Waals surface area contributed by atoms with Gasteiger partial charge in [-0.05, 0) is 58.4 Å². The largest absolute Gasteiger partial charge is 0.573 e. The summed E-state index contributed by atoms with van der Waals surface area (Å²) in [4.78, 5) is 23.8. The summed E-state index contributed by atoms with van der Waals surface area (Å²) in [5.41, 5.74) is -1.23. The van der Waals surface area contributed by atoms with Gasteiger partial charge >= 0.3 is 23.8 Å². The number of hydrogen-bond acceptors (Lipinski definition) is 6. The highest BCUT2D eigenvalue weighted by Gasteiger charge is 2.39. The second-order valence-electron chi connectivity index (χ2n) is 8.69. The number of carbonyl (C=O) groups excluding carboxylic acids is 1. The Morgan fingerprint density at radius 3 is 1.81 bits per heavy atom. The molecule has 0 atom stereocenters. The molecule has 1 heterocycles. The third-order valence-electron chi connectivity index (χ3n) is 5.77. The second-order valence-corrected chi connectivity index (χ2v) is 9.76. The number of rotatable bonds is 9. The number of thiophene rings is 1. The zero-order chi connectivity index (χ0) is 30.5. The van der Waals surface area contributed by atoms with Crippen molar-refractivity contribution in [2.45, 2.75) is 24.7 Å². The first-order valence-corrected chi connectivity index (χ1v) is 12.6. The summed E-state index contributed by atoms with van der Waals surface area (Å²) in [5.74, 6) is -1.28. The van der Waals surface area contributed by atoms with Gasteiger partial charge in [-0.25, -0.2) is 4.79 Å². The Bertz CT molecular complexity index is 1500. The van der Waals surface area contributed by atoms with Gasteiger partial charge in [0.25, 0.3) is 0 Å². The molecule has 220 valence electrons. The highest BCUT2D eigenvalue weighted by molar-refractivity contribution is 7.19. The smallest absolute Gasteiger partial charge is 0.406 e. The molecule has 0 radical (unpaired) electrons. The Balaban J connectivity index is 1.88. The zero-order valence-corrected chi connectivity index (χ0v) is 21.8. The lowest BCUT2D eigenvalue weighted by atomic mass is 9.77. The Labute approximate surface area is 237 Å². The standard InChI is InChI=1S/C27H19F6N3O5S/c28-26(29,30)40-20-10-4-8-18(14-20)25(16-17-6-2-1-3-7-17,19-9-5-11-21(15-19)41-27(31,32)33)35-24(37)34-22-12-13-23(42-22)36(38)39/h1-15H,16H2,(H2,34,35,37). The van der Waals surface area contributed by atoms with Crippen molar-refractivity contribution in [1.29, 1.82) is 0 Å². The molecule has 0 spiro atoms. The van der Waals surface area contributed by atoms with Gasteiger partial charge < -0.3 is 14.8 Å². The van der Waals surface area contributed by atoms with Crippen molar-refractivity contribution < 1.29 is 45.5 Å². The fraction of sp³-hybridized carbons (Fsp3) is 0.148. The van der Waals surface area contributed by atoms with Gasteiger partial charge in [-0.3, -0.25) is 15.4 Å². The summed E-state index contributed by atoms with van der Waals surface area (Å²) >= 11 is 0.647. The van der Waals surface area contributed by atoms with Crippen molar-refractivity contribution in [3.63, 3.8) is 0 Å². The van der Waals surface area contributed by atoms with Gasteiger partial charge in [0.1, 0.15) is 16.5 Å². The average molecular weight is 612 g/mol. The van der Waals surface area contributed by atoms with Crippen LogP contribution >= 0.6 is 11.3 Å². The Hall–Kier alpha value is -4.79. The summed E-state index contributed by atoms with van der Waals surface area (Å²) in [6.07, 6.45) is -10.3. The van der Waals surface area contributed by atoms with Crippen LogP contribution in [0, 0.1) is 10.1 Å². The highest BCUT2D eigenvalue weighted by Crippen LogP contribution is 2.39. The molecule has 0 aliphatic heterocycles. The molecule has 0 aliphatic rings. The molecule has 15 heteroatoms. The zero-order valence-electron chi connectivity index (χ0n) is 21.0. The van der Waals surface area contributed by atoms with Crippen LogP contribution in [0.4, 0.5) is 41.1 Å². The molecule has 1 aromatic heterocycles. The number of carbonyl (C=O) groups is 1. The van der Waals surface area contributed by atoms with E-state index in [0.29, 0.717) is 16.9 Å². The summed E-state index contributed by atoms with van der Waals surface area (Å²) in [7, 11) is 0. The number of ether oxygens (including phenoxy) is 2. The normalized spacial score (nSPS) is 12.0. The first-order valence-electron chi connectivity index (χ1n) is 11.8. The van der Waals surface area contributed by atoms with E-state index < -0.39 is 40.7 Å². The predicted octanol–water partition coefficient (Wildman–Crippen LogP) is 7.76. The van der Waals surface area contributed by atoms with E-state index >= 15 is 0 Å². The van der Waals surface area contributed by atoms with Crippen molar-refractivity contribution in [3.8, 4) is 11.5 Å². The lowest BCUT2D eigenvalue weighted by Gasteiger charge is -2.37. The SMILES string of the molecule is O=C(Nc1ccc([N+](=O)[O-])s1)NC(Cc1ccccc1)(c1cccc(OC(F)(F)F)c1)c1cccc(OC(F)(F)F)c1. The van der Waals surface area contributed by atoms with Crippen molar-refractivity contribution >= 4 is 27.4 Å². The third kappa shape index (κ3) is 7.90. The Morgan fingerprint density at radius 2 is 1.33 bits per heavy atom. The minimum Gasteiger partial charge on any atom is -0.406 e. The number of nitrogens with one attached hydrogen (secondary N) is 2. The number of anilines is 1. The van der Waals surface area contributed by atoms with Crippen LogP contribution in [0.5, 0.6) is 11.5 Å². The Kier molecular flexibility index (Phi) is 8.61. The number of benzene rings is 3. The molecular weight excluding hydrogens is 592 g/mol. The maximum atomic E-state index is 13.4. The summed E-state index contributed by atoms with van der Waals surface area (Å²) in [6.45, 7) is 0. The fourth-order valence-electron chi connectivity index (χ4n) is 4.21. The molecule has 0 unspecified atom stereocenters. The highest BCUT2D eigenvalue weighted by atomic mass is 32.1. The summed E-state index contributed by atoms with van der Waals surface area (Å²) in [6, 6.07) is 19.1. The number of alkyl halides is 6. The molecule has 3 aromatic carbocycles. The van der Waals surface area contributed by atoms with Crippen molar-refractivity contribution in [2.24, 2.45) is 0 Å². The topological polar surface area (TPSA) is 103 Å². The van der Waals surface area contributed by atoms with Crippen molar-refractivity contribution in [3.05, 3.63) is 118 Å². The van der Waals surface area contributed by atoms with Crippen molar-refractivity contribution in [2.75, 3.05) is 5.32 Å². The van der Waals surface area contributed by atoms with E-state index in [1.54, 1.807) is 30.3 Å². The van der Waals surface area contributed by atoms with Gasteiger partial charge in [0, 0.05) is 12.5 Å². The number of amides is 2. The van der Waals surface area contributed by atoms with Crippen LogP contribution in [-0.2, 0) is 12.0 Å². The van der Waals surface area contributed by atoms with Gasteiger partial charge in [-0.1, -0.05) is 54.6 Å². The molecular formula is C27H19F6N3O5S. The van der Waals surface area contributed by atoms with E-state index in [1.807, 2.05) is 0 Å². The number of urea groups is 1. The number of nitro groups is 1. The molecule has 4 aromatic rings. The minimum absolute atomic E-state index is 0.0181. The summed E-state index contributed by atoms with van der Waals surface area (Å²) in [5, 5.41) is 16.0. The van der Waals surface area contributed by atoms with E-state index in [4.69, 9.17) is 0 Å². The first-order chi connectivity index (χ1) is 19.7. The maximum Gasteiger partial charge on any atom is 0.573 e. The molecule has 0 aliphatic carbocycles. The molecule has 42 heavy (non-hydrogen) atoms. The van der Waals surface area contributed by atoms with Crippen LogP contribution in [0.3, 0.4) is 0 Å². The monoisotopic (exact) mass is 611 g/mol. The van der Waals surface area contributed by atoms with Crippen LogP contribution in [0.1, 0.15) is 16.7 Å². The first kappa shape index (κ1) is 30.2. The molecule has 0 saturated heterocycles. The van der Waals surface area contributed by atoms with Crippen LogP contribution in [-0.4, -0.2) is 23.7 Å². The van der Waals surface area contributed by atoms with Crippen LogP contribution in [0.25, 0.3) is 0 Å². The van der Waals surface area contributed by atoms with Crippen molar-refractivity contribution in [1.82, 2.24) is 5.32 Å². The van der Waals surface area contributed by atoms with E-state index in [2.05, 4.69) is 20.1 Å². The average Bonchev–Trinajstić information content (AvgIpc) is 3.36. The van der Waals surface area contributed by atoms with Crippen LogP contribution in [0.2, 0.25) is 0 Å². The van der Waals surface area contributed by atoms with Gasteiger partial charge in [0.15, 0.2) is 0 Å².